The van der Waals surface area contributed by atoms with Crippen molar-refractivity contribution in [3.63, 3.8) is 0 Å². The fourth-order valence-electron chi connectivity index (χ4n) is 1.74. The van der Waals surface area contributed by atoms with Crippen molar-refractivity contribution in [3.05, 3.63) is 53.6 Å². The Morgan fingerprint density at radius 3 is 2.00 bits per heavy atom. The summed E-state index contributed by atoms with van der Waals surface area (Å²) in [7, 11) is 0. The first-order valence-electron chi connectivity index (χ1n) is 5.35. The highest BCUT2D eigenvalue weighted by Gasteiger charge is 2.01. The van der Waals surface area contributed by atoms with Crippen LogP contribution in [0.2, 0.25) is 0 Å². The highest BCUT2D eigenvalue weighted by Crippen LogP contribution is 2.24. The van der Waals surface area contributed by atoms with Crippen LogP contribution < -0.4 is 11.1 Å². The van der Waals surface area contributed by atoms with E-state index in [4.69, 9.17) is 5.73 Å². The second-order valence-electron chi connectivity index (χ2n) is 4.01. The Hall–Kier alpha value is -1.96. The number of benzene rings is 2. The molecule has 0 aromatic heterocycles. The average molecular weight is 212 g/mol. The average Bonchev–Trinajstić information content (AvgIpc) is 2.27. The van der Waals surface area contributed by atoms with Gasteiger partial charge in [-0.3, -0.25) is 0 Å². The molecule has 0 spiro atoms. The zero-order chi connectivity index (χ0) is 11.5. The van der Waals surface area contributed by atoms with E-state index >= 15 is 0 Å². The van der Waals surface area contributed by atoms with Gasteiger partial charge in [0, 0.05) is 17.1 Å². The molecule has 0 atom stereocenters. The SMILES string of the molecule is Cc1cc(Nc2ccccc2)cc(C)c1N. The summed E-state index contributed by atoms with van der Waals surface area (Å²) in [5.41, 5.74) is 11.2. The molecule has 2 aromatic carbocycles. The molecule has 0 fully saturated rings. The lowest BCUT2D eigenvalue weighted by atomic mass is 10.1. The highest BCUT2D eigenvalue weighted by atomic mass is 14.9. The Kier molecular flexibility index (Phi) is 2.82. The van der Waals surface area contributed by atoms with Crippen LogP contribution >= 0.6 is 0 Å². The van der Waals surface area contributed by atoms with Gasteiger partial charge in [-0.1, -0.05) is 18.2 Å². The van der Waals surface area contributed by atoms with Crippen LogP contribution in [-0.4, -0.2) is 0 Å². The van der Waals surface area contributed by atoms with E-state index in [1.165, 1.54) is 0 Å². The van der Waals surface area contributed by atoms with Crippen LogP contribution in [0.5, 0.6) is 0 Å². The van der Waals surface area contributed by atoms with Gasteiger partial charge >= 0.3 is 0 Å². The molecule has 82 valence electrons. The van der Waals surface area contributed by atoms with Crippen LogP contribution in [-0.2, 0) is 0 Å². The molecule has 3 N–H and O–H groups in total. The topological polar surface area (TPSA) is 38.0 Å². The summed E-state index contributed by atoms with van der Waals surface area (Å²) in [6.07, 6.45) is 0. The fraction of sp³-hybridized carbons (Fsp3) is 0.143. The molecular formula is C14H16N2. The van der Waals surface area contributed by atoms with E-state index < -0.39 is 0 Å². The van der Waals surface area contributed by atoms with E-state index in [1.54, 1.807) is 0 Å². The van der Waals surface area contributed by atoms with Gasteiger partial charge < -0.3 is 11.1 Å². The summed E-state index contributed by atoms with van der Waals surface area (Å²) < 4.78 is 0. The normalized spacial score (nSPS) is 10.1. The van der Waals surface area contributed by atoms with Crippen LogP contribution in [0, 0.1) is 13.8 Å². The van der Waals surface area contributed by atoms with Gasteiger partial charge in [0.25, 0.3) is 0 Å². The molecule has 0 bridgehead atoms. The molecule has 2 heteroatoms. The Balaban J connectivity index is 2.29. The van der Waals surface area contributed by atoms with Gasteiger partial charge in [-0.25, -0.2) is 0 Å². The Morgan fingerprint density at radius 1 is 0.875 bits per heavy atom. The zero-order valence-corrected chi connectivity index (χ0v) is 9.62. The van der Waals surface area contributed by atoms with Gasteiger partial charge in [0.1, 0.15) is 0 Å². The third kappa shape index (κ3) is 2.16. The number of rotatable bonds is 2. The Bertz CT molecular complexity index is 466. The standard InChI is InChI=1S/C14H16N2/c1-10-8-13(9-11(2)14(10)15)16-12-6-4-3-5-7-12/h3-9,16H,15H2,1-2H3. The molecular weight excluding hydrogens is 196 g/mol. The number of hydrogen-bond acceptors (Lipinski definition) is 2. The molecule has 0 aliphatic rings. The maximum atomic E-state index is 5.92. The molecule has 0 aliphatic heterocycles. The van der Waals surface area contributed by atoms with Crippen molar-refractivity contribution >= 4 is 17.1 Å². The number of nitrogens with one attached hydrogen (secondary N) is 1. The van der Waals surface area contributed by atoms with Gasteiger partial charge in [0.05, 0.1) is 0 Å². The summed E-state index contributed by atoms with van der Waals surface area (Å²) in [5, 5.41) is 3.36. The fourth-order valence-corrected chi connectivity index (χ4v) is 1.74. The highest BCUT2D eigenvalue weighted by molar-refractivity contribution is 5.66. The van der Waals surface area contributed by atoms with Crippen LogP contribution in [0.3, 0.4) is 0 Å². The predicted octanol–water partition coefficient (Wildman–Crippen LogP) is 3.63. The predicted molar refractivity (Wildman–Crippen MR) is 70.1 cm³/mol. The molecule has 2 aromatic rings. The summed E-state index contributed by atoms with van der Waals surface area (Å²) in [4.78, 5) is 0. The first kappa shape index (κ1) is 10.6. The van der Waals surface area contributed by atoms with Crippen molar-refractivity contribution in [2.45, 2.75) is 13.8 Å². The first-order valence-corrected chi connectivity index (χ1v) is 5.35. The maximum absolute atomic E-state index is 5.92. The van der Waals surface area contributed by atoms with E-state index in [-0.39, 0.29) is 0 Å². The number of anilines is 3. The number of nitrogen functional groups attached to an aromatic ring is 1. The minimum absolute atomic E-state index is 0.874. The third-order valence-corrected chi connectivity index (χ3v) is 2.66. The first-order chi connectivity index (χ1) is 7.66. The van der Waals surface area contributed by atoms with Crippen LogP contribution in [0.15, 0.2) is 42.5 Å². The van der Waals surface area contributed by atoms with E-state index in [2.05, 4.69) is 17.4 Å². The quantitative estimate of drug-likeness (QED) is 0.746. The Morgan fingerprint density at radius 2 is 1.44 bits per heavy atom. The summed E-state index contributed by atoms with van der Waals surface area (Å²) >= 11 is 0. The van der Waals surface area contributed by atoms with Crippen molar-refractivity contribution in [2.24, 2.45) is 0 Å². The summed E-state index contributed by atoms with van der Waals surface area (Å²) in [6.45, 7) is 4.05. The van der Waals surface area contributed by atoms with Crippen LogP contribution in [0.4, 0.5) is 17.1 Å². The monoisotopic (exact) mass is 212 g/mol. The van der Waals surface area contributed by atoms with E-state index in [0.29, 0.717) is 0 Å². The van der Waals surface area contributed by atoms with Gasteiger partial charge in [0.15, 0.2) is 0 Å². The van der Waals surface area contributed by atoms with Gasteiger partial charge in [0.2, 0.25) is 0 Å². The molecule has 0 unspecified atom stereocenters. The second-order valence-corrected chi connectivity index (χ2v) is 4.01. The van der Waals surface area contributed by atoms with Crippen molar-refractivity contribution in [1.82, 2.24) is 0 Å². The number of para-hydroxylation sites is 1. The minimum atomic E-state index is 0.874. The van der Waals surface area contributed by atoms with E-state index in [0.717, 1.165) is 28.2 Å². The van der Waals surface area contributed by atoms with E-state index in [9.17, 15) is 0 Å². The number of nitrogens with two attached hydrogens (primary N) is 1. The molecule has 0 saturated carbocycles. The van der Waals surface area contributed by atoms with Crippen LogP contribution in [0.25, 0.3) is 0 Å². The zero-order valence-electron chi connectivity index (χ0n) is 9.62. The second kappa shape index (κ2) is 4.27. The number of hydrogen-bond donors (Lipinski definition) is 2. The maximum Gasteiger partial charge on any atom is 0.0391 e. The molecule has 2 rings (SSSR count). The molecule has 0 heterocycles. The van der Waals surface area contributed by atoms with Crippen molar-refractivity contribution in [2.75, 3.05) is 11.1 Å². The van der Waals surface area contributed by atoms with E-state index in [1.807, 2.05) is 44.2 Å². The molecule has 0 saturated heterocycles. The molecule has 0 radical (unpaired) electrons. The molecule has 2 nitrogen and oxygen atoms in total. The summed E-state index contributed by atoms with van der Waals surface area (Å²) in [6, 6.07) is 14.2. The van der Waals surface area contributed by atoms with Gasteiger partial charge in [-0.2, -0.15) is 0 Å². The van der Waals surface area contributed by atoms with Crippen molar-refractivity contribution < 1.29 is 0 Å². The van der Waals surface area contributed by atoms with Crippen molar-refractivity contribution in [1.29, 1.82) is 0 Å². The minimum Gasteiger partial charge on any atom is -0.398 e. The smallest absolute Gasteiger partial charge is 0.0391 e. The molecule has 16 heavy (non-hydrogen) atoms. The van der Waals surface area contributed by atoms with Crippen molar-refractivity contribution in [3.8, 4) is 0 Å². The molecule has 0 aliphatic carbocycles. The molecule has 0 amide bonds. The van der Waals surface area contributed by atoms with Crippen LogP contribution in [0.1, 0.15) is 11.1 Å². The Labute approximate surface area is 96.1 Å². The third-order valence-electron chi connectivity index (χ3n) is 2.66. The van der Waals surface area contributed by atoms with Gasteiger partial charge in [-0.05, 0) is 49.2 Å². The summed E-state index contributed by atoms with van der Waals surface area (Å²) in [5.74, 6) is 0. The largest absolute Gasteiger partial charge is 0.398 e. The number of aryl methyl sites for hydroxylation is 2. The lowest BCUT2D eigenvalue weighted by Crippen LogP contribution is -1.97. The lowest BCUT2D eigenvalue weighted by Gasteiger charge is -2.11. The van der Waals surface area contributed by atoms with Gasteiger partial charge in [-0.15, -0.1) is 0 Å². The lowest BCUT2D eigenvalue weighted by molar-refractivity contribution is 1.38.